The van der Waals surface area contributed by atoms with Crippen molar-refractivity contribution < 1.29 is 14.3 Å². The summed E-state index contributed by atoms with van der Waals surface area (Å²) < 4.78 is 5.05. The van der Waals surface area contributed by atoms with E-state index < -0.39 is 0 Å². The maximum Gasteiger partial charge on any atom is 0.303 e. The summed E-state index contributed by atoms with van der Waals surface area (Å²) in [5.41, 5.74) is 3.32. The first-order valence-corrected chi connectivity index (χ1v) is 10.5. The summed E-state index contributed by atoms with van der Waals surface area (Å²) in [7, 11) is 0. The standard InChI is InChI=1S/C24H31NO3/c1-14-11-20-18-6-5-16-12-17(25)7-9-23(16,3)19(18)8-10-24(20,4)22(14)21(27)13-28-15(2)26/h7-9,12,14,18,20,22,25H,5-6,10-11,13H2,1-4H3/t14-,18?,20?,22-,23+,24+/m1/s1. The second kappa shape index (κ2) is 6.53. The Morgan fingerprint density at radius 1 is 1.32 bits per heavy atom. The van der Waals surface area contributed by atoms with Gasteiger partial charge in [0.1, 0.15) is 6.61 Å². The number of fused-ring (bicyclic) bond motifs is 5. The lowest BCUT2D eigenvalue weighted by Gasteiger charge is -2.52. The minimum Gasteiger partial charge on any atom is -0.458 e. The fourth-order valence-corrected chi connectivity index (χ4v) is 6.86. The summed E-state index contributed by atoms with van der Waals surface area (Å²) in [6, 6.07) is 0. The molecule has 0 aromatic carbocycles. The Kier molecular flexibility index (Phi) is 4.52. The molecule has 0 amide bonds. The Hall–Kier alpha value is -1.97. The molecule has 0 bridgehead atoms. The first-order valence-electron chi connectivity index (χ1n) is 10.5. The Morgan fingerprint density at radius 3 is 2.79 bits per heavy atom. The first-order chi connectivity index (χ1) is 13.2. The van der Waals surface area contributed by atoms with Gasteiger partial charge in [-0.15, -0.1) is 0 Å². The molecule has 2 fully saturated rings. The van der Waals surface area contributed by atoms with Crippen LogP contribution in [-0.4, -0.2) is 24.1 Å². The predicted molar refractivity (Wildman–Crippen MR) is 109 cm³/mol. The molecule has 4 heteroatoms. The van der Waals surface area contributed by atoms with Gasteiger partial charge in [-0.25, -0.2) is 0 Å². The van der Waals surface area contributed by atoms with Crippen molar-refractivity contribution in [1.29, 1.82) is 5.41 Å². The molecule has 2 unspecified atom stereocenters. The van der Waals surface area contributed by atoms with Crippen molar-refractivity contribution in [3.8, 4) is 0 Å². The zero-order chi connectivity index (χ0) is 20.3. The van der Waals surface area contributed by atoms with Crippen LogP contribution in [0.25, 0.3) is 0 Å². The highest BCUT2D eigenvalue weighted by Gasteiger charge is 2.59. The van der Waals surface area contributed by atoms with Crippen molar-refractivity contribution in [1.82, 2.24) is 0 Å². The van der Waals surface area contributed by atoms with Crippen LogP contribution in [0, 0.1) is 39.9 Å². The van der Waals surface area contributed by atoms with Gasteiger partial charge in [0.25, 0.3) is 0 Å². The minimum atomic E-state index is -0.388. The summed E-state index contributed by atoms with van der Waals surface area (Å²) in [6.45, 7) is 8.03. The number of allylic oxidation sites excluding steroid dienone is 6. The summed E-state index contributed by atoms with van der Waals surface area (Å²) in [4.78, 5) is 24.1. The Balaban J connectivity index is 1.66. The van der Waals surface area contributed by atoms with Gasteiger partial charge < -0.3 is 10.1 Å². The minimum absolute atomic E-state index is 0.0468. The molecule has 28 heavy (non-hydrogen) atoms. The van der Waals surface area contributed by atoms with E-state index in [4.69, 9.17) is 10.1 Å². The summed E-state index contributed by atoms with van der Waals surface area (Å²) >= 11 is 0. The van der Waals surface area contributed by atoms with Gasteiger partial charge in [-0.2, -0.15) is 0 Å². The van der Waals surface area contributed by atoms with Crippen LogP contribution in [0.3, 0.4) is 0 Å². The molecule has 2 saturated carbocycles. The Morgan fingerprint density at radius 2 is 2.07 bits per heavy atom. The number of ketones is 1. The molecule has 4 nitrogen and oxygen atoms in total. The number of hydrogen-bond donors (Lipinski definition) is 1. The van der Waals surface area contributed by atoms with Crippen molar-refractivity contribution >= 4 is 17.5 Å². The van der Waals surface area contributed by atoms with E-state index in [0.29, 0.717) is 23.5 Å². The molecule has 0 aromatic heterocycles. The van der Waals surface area contributed by atoms with E-state index in [0.717, 1.165) is 25.7 Å². The van der Waals surface area contributed by atoms with Crippen molar-refractivity contribution in [2.24, 2.45) is 34.5 Å². The Bertz CT molecular complexity index is 835. The number of ether oxygens (including phenoxy) is 1. The molecule has 0 radical (unpaired) electrons. The summed E-state index contributed by atoms with van der Waals surface area (Å²) in [5, 5.41) is 7.99. The molecule has 1 N–H and O–H groups in total. The lowest BCUT2D eigenvalue weighted by molar-refractivity contribution is -0.148. The second-order valence-electron chi connectivity index (χ2n) is 9.72. The van der Waals surface area contributed by atoms with Gasteiger partial charge in [0.2, 0.25) is 0 Å². The van der Waals surface area contributed by atoms with Gasteiger partial charge >= 0.3 is 5.97 Å². The molecule has 6 atom stereocenters. The van der Waals surface area contributed by atoms with Crippen LogP contribution in [0.5, 0.6) is 0 Å². The first kappa shape index (κ1) is 19.4. The van der Waals surface area contributed by atoms with E-state index in [2.05, 4.69) is 32.9 Å². The number of nitrogens with one attached hydrogen (secondary N) is 1. The average Bonchev–Trinajstić information content (AvgIpc) is 2.90. The van der Waals surface area contributed by atoms with Crippen molar-refractivity contribution in [3.05, 3.63) is 35.5 Å². The van der Waals surface area contributed by atoms with E-state index in [1.165, 1.54) is 18.1 Å². The quantitative estimate of drug-likeness (QED) is 0.571. The van der Waals surface area contributed by atoms with Crippen LogP contribution in [0.1, 0.15) is 53.4 Å². The van der Waals surface area contributed by atoms with Gasteiger partial charge in [0, 0.05) is 18.3 Å². The SMILES string of the molecule is CC(=O)OCC(=O)[C@H]1[C@H](C)CC2C3CCC4=CC(=N)C=C[C@]4(C)C3=CC[C@@]21C. The van der Waals surface area contributed by atoms with Crippen LogP contribution in [0.15, 0.2) is 35.5 Å². The summed E-state index contributed by atoms with van der Waals surface area (Å²) in [5.74, 6) is 0.938. The smallest absolute Gasteiger partial charge is 0.303 e. The third-order valence-electron chi connectivity index (χ3n) is 8.08. The van der Waals surface area contributed by atoms with E-state index in [9.17, 15) is 9.59 Å². The van der Waals surface area contributed by atoms with Crippen molar-refractivity contribution in [2.75, 3.05) is 6.61 Å². The molecule has 0 saturated heterocycles. The molecular weight excluding hydrogens is 350 g/mol. The Labute approximate surface area is 167 Å². The van der Waals surface area contributed by atoms with E-state index in [1.807, 2.05) is 12.2 Å². The van der Waals surface area contributed by atoms with Gasteiger partial charge in [-0.3, -0.25) is 9.59 Å². The molecule has 150 valence electrons. The molecular formula is C24H31NO3. The average molecular weight is 382 g/mol. The number of hydrogen-bond acceptors (Lipinski definition) is 4. The molecule has 0 heterocycles. The number of esters is 1. The van der Waals surface area contributed by atoms with Crippen molar-refractivity contribution in [2.45, 2.75) is 53.4 Å². The van der Waals surface area contributed by atoms with Crippen LogP contribution in [0.4, 0.5) is 0 Å². The predicted octanol–water partition coefficient (Wildman–Crippen LogP) is 4.66. The van der Waals surface area contributed by atoms with E-state index >= 15 is 0 Å². The maximum atomic E-state index is 13.0. The fraction of sp³-hybridized carbons (Fsp3) is 0.625. The van der Waals surface area contributed by atoms with Crippen LogP contribution in [0.2, 0.25) is 0 Å². The highest BCUT2D eigenvalue weighted by Crippen LogP contribution is 2.65. The fourth-order valence-electron chi connectivity index (χ4n) is 6.86. The van der Waals surface area contributed by atoms with E-state index in [1.54, 1.807) is 0 Å². The molecule has 0 aromatic rings. The zero-order valence-electron chi connectivity index (χ0n) is 17.4. The monoisotopic (exact) mass is 381 g/mol. The third kappa shape index (κ3) is 2.75. The molecule has 0 spiro atoms. The molecule has 0 aliphatic heterocycles. The molecule has 4 aliphatic carbocycles. The number of rotatable bonds is 3. The van der Waals surface area contributed by atoms with Crippen LogP contribution >= 0.6 is 0 Å². The molecule has 4 rings (SSSR count). The topological polar surface area (TPSA) is 67.2 Å². The van der Waals surface area contributed by atoms with E-state index in [-0.39, 0.29) is 35.1 Å². The van der Waals surface area contributed by atoms with Gasteiger partial charge in [-0.1, -0.05) is 37.1 Å². The number of Topliss-reactive ketones (excluding diaryl/α,β-unsaturated/α-hetero) is 1. The summed E-state index contributed by atoms with van der Waals surface area (Å²) in [6.07, 6.45) is 12.7. The number of carbonyl (C=O) groups is 2. The van der Waals surface area contributed by atoms with Gasteiger partial charge in [-0.05, 0) is 67.9 Å². The van der Waals surface area contributed by atoms with Crippen molar-refractivity contribution in [3.63, 3.8) is 0 Å². The second-order valence-corrected chi connectivity index (χ2v) is 9.72. The van der Waals surface area contributed by atoms with Gasteiger partial charge in [0.05, 0.1) is 5.71 Å². The third-order valence-corrected chi connectivity index (χ3v) is 8.08. The van der Waals surface area contributed by atoms with Gasteiger partial charge in [0.15, 0.2) is 5.78 Å². The largest absolute Gasteiger partial charge is 0.458 e. The van der Waals surface area contributed by atoms with Crippen LogP contribution in [-0.2, 0) is 14.3 Å². The highest BCUT2D eigenvalue weighted by molar-refractivity contribution is 6.03. The molecule has 4 aliphatic rings. The normalized spacial score (nSPS) is 41.4. The lowest BCUT2D eigenvalue weighted by Crippen LogP contribution is -2.45. The zero-order valence-corrected chi connectivity index (χ0v) is 17.4. The maximum absolute atomic E-state index is 13.0. The highest BCUT2D eigenvalue weighted by atomic mass is 16.5. The van der Waals surface area contributed by atoms with Crippen LogP contribution < -0.4 is 0 Å². The number of carbonyl (C=O) groups excluding carboxylic acids is 2. The lowest BCUT2D eigenvalue weighted by atomic mass is 9.52.